The van der Waals surface area contributed by atoms with E-state index in [1.165, 1.54) is 10.7 Å². The molecule has 0 saturated heterocycles. The molecule has 0 unspecified atom stereocenters. The van der Waals surface area contributed by atoms with Crippen LogP contribution in [0.25, 0.3) is 0 Å². The van der Waals surface area contributed by atoms with Gasteiger partial charge in [0.1, 0.15) is 11.6 Å². The second-order valence-corrected chi connectivity index (χ2v) is 6.99. The quantitative estimate of drug-likeness (QED) is 0.367. The Bertz CT molecular complexity index is 909. The highest BCUT2D eigenvalue weighted by Crippen LogP contribution is 2.20. The molecule has 1 aliphatic heterocycles. The number of aromatic nitrogens is 3. The number of rotatable bonds is 9. The number of hydrogen-bond donors (Lipinski definition) is 2. The van der Waals surface area contributed by atoms with Crippen molar-refractivity contribution >= 4 is 5.96 Å². The highest BCUT2D eigenvalue weighted by molar-refractivity contribution is 5.79. The molecule has 10 heteroatoms. The summed E-state index contributed by atoms with van der Waals surface area (Å²) >= 11 is 0. The van der Waals surface area contributed by atoms with E-state index in [9.17, 15) is 13.6 Å². The van der Waals surface area contributed by atoms with Crippen LogP contribution in [0.15, 0.2) is 34.1 Å². The van der Waals surface area contributed by atoms with Crippen molar-refractivity contribution in [3.63, 3.8) is 0 Å². The minimum absolute atomic E-state index is 0.0408. The van der Waals surface area contributed by atoms with Gasteiger partial charge in [0.05, 0.1) is 6.54 Å². The molecular formula is C20H28F2N6O2. The highest BCUT2D eigenvalue weighted by Gasteiger charge is 2.16. The Hall–Kier alpha value is -2.91. The van der Waals surface area contributed by atoms with Gasteiger partial charge < -0.3 is 15.4 Å². The van der Waals surface area contributed by atoms with Gasteiger partial charge >= 0.3 is 12.3 Å². The fourth-order valence-electron chi connectivity index (χ4n) is 3.38. The number of ether oxygens (including phenoxy) is 1. The Morgan fingerprint density at radius 1 is 1.30 bits per heavy atom. The second-order valence-electron chi connectivity index (χ2n) is 6.99. The summed E-state index contributed by atoms with van der Waals surface area (Å²) in [6, 6.07) is 6.60. The van der Waals surface area contributed by atoms with E-state index in [-0.39, 0.29) is 18.0 Å². The van der Waals surface area contributed by atoms with Gasteiger partial charge in [-0.3, -0.25) is 4.57 Å². The van der Waals surface area contributed by atoms with Crippen LogP contribution < -0.4 is 21.1 Å². The number of aliphatic imine (C=N–C) groups is 1. The van der Waals surface area contributed by atoms with E-state index in [1.807, 2.05) is 6.92 Å². The number of guanidine groups is 1. The summed E-state index contributed by atoms with van der Waals surface area (Å²) in [6.45, 7) is 1.80. The summed E-state index contributed by atoms with van der Waals surface area (Å²) in [5.41, 5.74) is 0.533. The van der Waals surface area contributed by atoms with E-state index >= 15 is 0 Å². The van der Waals surface area contributed by atoms with Crippen LogP contribution in [0, 0.1) is 0 Å². The van der Waals surface area contributed by atoms with E-state index in [2.05, 4.69) is 25.5 Å². The van der Waals surface area contributed by atoms with Gasteiger partial charge in [0, 0.05) is 38.2 Å². The molecule has 164 valence electrons. The zero-order valence-electron chi connectivity index (χ0n) is 17.1. The number of fused-ring (bicyclic) bond motifs is 1. The van der Waals surface area contributed by atoms with Crippen LogP contribution in [0.4, 0.5) is 8.78 Å². The Morgan fingerprint density at radius 3 is 2.90 bits per heavy atom. The number of hydrogen-bond acceptors (Lipinski definition) is 4. The number of alkyl halides is 2. The van der Waals surface area contributed by atoms with E-state index < -0.39 is 6.61 Å². The third kappa shape index (κ3) is 5.80. The van der Waals surface area contributed by atoms with Crippen LogP contribution in [0.1, 0.15) is 37.6 Å². The summed E-state index contributed by atoms with van der Waals surface area (Å²) in [5.74, 6) is 1.56. The topological polar surface area (TPSA) is 85.5 Å². The number of benzene rings is 1. The molecule has 0 atom stereocenters. The molecule has 30 heavy (non-hydrogen) atoms. The van der Waals surface area contributed by atoms with Gasteiger partial charge in [-0.1, -0.05) is 18.2 Å². The molecule has 0 radical (unpaired) electrons. The SMILES string of the molecule is CCNC(=NCc1ccccc1OC(F)F)NCCCn1nc2n(c1=O)CCCC2. The van der Waals surface area contributed by atoms with Crippen LogP contribution in [0.3, 0.4) is 0 Å². The highest BCUT2D eigenvalue weighted by atomic mass is 19.3. The summed E-state index contributed by atoms with van der Waals surface area (Å²) in [4.78, 5) is 16.8. The summed E-state index contributed by atoms with van der Waals surface area (Å²) in [5, 5.41) is 10.8. The van der Waals surface area contributed by atoms with Crippen molar-refractivity contribution in [2.45, 2.75) is 58.9 Å². The normalized spacial score (nSPS) is 13.9. The zero-order valence-corrected chi connectivity index (χ0v) is 17.1. The van der Waals surface area contributed by atoms with Crippen molar-refractivity contribution in [2.75, 3.05) is 13.1 Å². The average molecular weight is 422 g/mol. The zero-order chi connectivity index (χ0) is 21.3. The largest absolute Gasteiger partial charge is 0.434 e. The number of halogens is 2. The smallest absolute Gasteiger partial charge is 0.387 e. The van der Waals surface area contributed by atoms with Crippen LogP contribution in [-0.4, -0.2) is 40.0 Å². The molecule has 2 N–H and O–H groups in total. The van der Waals surface area contributed by atoms with Crippen molar-refractivity contribution in [1.29, 1.82) is 0 Å². The van der Waals surface area contributed by atoms with Crippen LogP contribution >= 0.6 is 0 Å². The standard InChI is InChI=1S/C20H28F2N6O2/c1-2-23-19(25-14-15-8-3-4-9-16(15)30-18(21)22)24-11-7-13-28-20(29)27-12-6-5-10-17(27)26-28/h3-4,8-9,18H,2,5-7,10-14H2,1H3,(H2,23,24,25). The van der Waals surface area contributed by atoms with Crippen molar-refractivity contribution in [3.8, 4) is 5.75 Å². The molecule has 0 aliphatic carbocycles. The predicted octanol–water partition coefficient (Wildman–Crippen LogP) is 2.13. The van der Waals surface area contributed by atoms with E-state index in [1.54, 1.807) is 22.8 Å². The third-order valence-corrected chi connectivity index (χ3v) is 4.81. The van der Waals surface area contributed by atoms with Gasteiger partial charge in [-0.15, -0.1) is 0 Å². The van der Waals surface area contributed by atoms with Crippen molar-refractivity contribution in [1.82, 2.24) is 25.0 Å². The lowest BCUT2D eigenvalue weighted by Crippen LogP contribution is -2.38. The minimum Gasteiger partial charge on any atom is -0.434 e. The maximum atomic E-state index is 12.6. The molecule has 0 fully saturated rings. The average Bonchev–Trinajstić information content (AvgIpc) is 3.05. The summed E-state index contributed by atoms with van der Waals surface area (Å²) in [7, 11) is 0. The first-order valence-electron chi connectivity index (χ1n) is 10.3. The summed E-state index contributed by atoms with van der Waals surface area (Å²) < 4.78 is 33.0. The first-order valence-corrected chi connectivity index (χ1v) is 10.3. The van der Waals surface area contributed by atoms with Gasteiger partial charge in [-0.25, -0.2) is 14.5 Å². The number of nitrogens with one attached hydrogen (secondary N) is 2. The van der Waals surface area contributed by atoms with Crippen LogP contribution in [0.5, 0.6) is 5.75 Å². The van der Waals surface area contributed by atoms with Gasteiger partial charge in [-0.2, -0.15) is 13.9 Å². The first kappa shape index (κ1) is 21.8. The molecular weight excluding hydrogens is 394 g/mol. The summed E-state index contributed by atoms with van der Waals surface area (Å²) in [6.07, 6.45) is 3.65. The van der Waals surface area contributed by atoms with Crippen LogP contribution in [-0.2, 0) is 26.1 Å². The Labute approximate surface area is 174 Å². The lowest BCUT2D eigenvalue weighted by molar-refractivity contribution is -0.0504. The molecule has 2 aromatic rings. The Morgan fingerprint density at radius 2 is 2.13 bits per heavy atom. The van der Waals surface area contributed by atoms with Crippen LogP contribution in [0.2, 0.25) is 0 Å². The van der Waals surface area contributed by atoms with E-state index in [4.69, 9.17) is 0 Å². The lowest BCUT2D eigenvalue weighted by atomic mass is 10.2. The molecule has 2 heterocycles. The first-order chi connectivity index (χ1) is 14.6. The Balaban J connectivity index is 1.54. The molecule has 1 aliphatic rings. The minimum atomic E-state index is -2.88. The molecule has 0 saturated carbocycles. The number of nitrogens with zero attached hydrogens (tertiary/aromatic N) is 4. The van der Waals surface area contributed by atoms with E-state index in [0.29, 0.717) is 37.6 Å². The molecule has 0 bridgehead atoms. The van der Waals surface area contributed by atoms with Gasteiger partial charge in [-0.05, 0) is 32.3 Å². The fourth-order valence-corrected chi connectivity index (χ4v) is 3.38. The maximum absolute atomic E-state index is 12.6. The molecule has 8 nitrogen and oxygen atoms in total. The Kier molecular flexibility index (Phi) is 7.81. The van der Waals surface area contributed by atoms with Gasteiger partial charge in [0.15, 0.2) is 5.96 Å². The fraction of sp³-hybridized carbons (Fsp3) is 0.550. The van der Waals surface area contributed by atoms with E-state index in [0.717, 1.165) is 31.6 Å². The maximum Gasteiger partial charge on any atom is 0.387 e. The van der Waals surface area contributed by atoms with Gasteiger partial charge in [0.2, 0.25) is 0 Å². The third-order valence-electron chi connectivity index (χ3n) is 4.81. The van der Waals surface area contributed by atoms with Crippen molar-refractivity contribution in [3.05, 3.63) is 46.1 Å². The molecule has 0 amide bonds. The lowest BCUT2D eigenvalue weighted by Gasteiger charge is -2.12. The van der Waals surface area contributed by atoms with Gasteiger partial charge in [0.25, 0.3) is 0 Å². The molecule has 3 rings (SSSR count). The van der Waals surface area contributed by atoms with Crippen molar-refractivity contribution < 1.29 is 13.5 Å². The molecule has 1 aromatic carbocycles. The number of aryl methyl sites for hydroxylation is 2. The number of para-hydroxylation sites is 1. The predicted molar refractivity (Wildman–Crippen MR) is 110 cm³/mol. The monoisotopic (exact) mass is 422 g/mol. The molecule has 0 spiro atoms. The second kappa shape index (κ2) is 10.7. The molecule has 1 aromatic heterocycles. The van der Waals surface area contributed by atoms with Crippen molar-refractivity contribution in [2.24, 2.45) is 4.99 Å².